The van der Waals surface area contributed by atoms with Crippen molar-refractivity contribution in [2.24, 2.45) is 0 Å². The van der Waals surface area contributed by atoms with E-state index < -0.39 is 17.8 Å². The van der Waals surface area contributed by atoms with E-state index in [-0.39, 0.29) is 27.8 Å². The molecule has 1 aliphatic heterocycles. The first kappa shape index (κ1) is 24.1. The first-order valence-corrected chi connectivity index (χ1v) is 11.0. The Kier molecular flexibility index (Phi) is 6.95. The fourth-order valence-corrected chi connectivity index (χ4v) is 3.68. The second kappa shape index (κ2) is 10.1. The minimum Gasteiger partial charge on any atom is -0.503 e. The number of ether oxygens (including phenoxy) is 2. The smallest absolute Gasteiger partial charge is 0.335 e. The van der Waals surface area contributed by atoms with Crippen LogP contribution in [0.2, 0.25) is 10.0 Å². The van der Waals surface area contributed by atoms with Gasteiger partial charge in [-0.2, -0.15) is 0 Å². The molecule has 1 fully saturated rings. The summed E-state index contributed by atoms with van der Waals surface area (Å²) in [5.74, 6) is -1.37. The van der Waals surface area contributed by atoms with Gasteiger partial charge in [0, 0.05) is 5.02 Å². The summed E-state index contributed by atoms with van der Waals surface area (Å²) in [4.78, 5) is 38.8. The lowest BCUT2D eigenvalue weighted by Gasteiger charge is -2.26. The summed E-state index contributed by atoms with van der Waals surface area (Å²) >= 11 is 11.9. The average Bonchev–Trinajstić information content (AvgIpc) is 2.84. The molecule has 4 amide bonds. The van der Waals surface area contributed by atoms with Crippen molar-refractivity contribution in [1.82, 2.24) is 5.32 Å². The number of benzene rings is 3. The summed E-state index contributed by atoms with van der Waals surface area (Å²) in [5.41, 5.74) is 1.19. The third-order valence-corrected chi connectivity index (χ3v) is 5.64. The van der Waals surface area contributed by atoms with Crippen molar-refractivity contribution in [1.29, 1.82) is 0 Å². The van der Waals surface area contributed by atoms with E-state index in [9.17, 15) is 19.5 Å². The van der Waals surface area contributed by atoms with Gasteiger partial charge in [0.05, 0.1) is 17.8 Å². The molecule has 2 N–H and O–H groups in total. The van der Waals surface area contributed by atoms with Gasteiger partial charge in [-0.1, -0.05) is 35.3 Å². The number of phenolic OH excluding ortho intramolecular Hbond substituents is 1. The van der Waals surface area contributed by atoms with E-state index in [1.165, 1.54) is 37.5 Å². The highest BCUT2D eigenvalue weighted by atomic mass is 35.5. The Balaban J connectivity index is 1.55. The number of urea groups is 1. The van der Waals surface area contributed by atoms with Gasteiger partial charge < -0.3 is 14.6 Å². The van der Waals surface area contributed by atoms with Gasteiger partial charge in [0.25, 0.3) is 11.8 Å². The minimum absolute atomic E-state index is 0.0259. The van der Waals surface area contributed by atoms with E-state index in [4.69, 9.17) is 32.7 Å². The molecule has 0 atom stereocenters. The molecule has 3 aromatic rings. The van der Waals surface area contributed by atoms with Crippen LogP contribution in [0.4, 0.5) is 10.5 Å². The monoisotopic (exact) mass is 512 g/mol. The maximum Gasteiger partial charge on any atom is 0.335 e. The molecular formula is C25H18Cl2N2O6. The van der Waals surface area contributed by atoms with Gasteiger partial charge in [0.1, 0.15) is 17.9 Å². The predicted molar refractivity (Wildman–Crippen MR) is 131 cm³/mol. The van der Waals surface area contributed by atoms with E-state index in [1.807, 2.05) is 12.1 Å². The second-order valence-corrected chi connectivity index (χ2v) is 8.26. The highest BCUT2D eigenvalue weighted by Crippen LogP contribution is 2.36. The van der Waals surface area contributed by atoms with E-state index in [0.29, 0.717) is 22.9 Å². The number of nitrogens with one attached hydrogen (secondary N) is 1. The van der Waals surface area contributed by atoms with Gasteiger partial charge in [-0.05, 0) is 65.7 Å². The van der Waals surface area contributed by atoms with E-state index in [1.54, 1.807) is 24.3 Å². The lowest BCUT2D eigenvalue weighted by molar-refractivity contribution is -0.122. The van der Waals surface area contributed by atoms with Crippen LogP contribution in [0.1, 0.15) is 11.1 Å². The lowest BCUT2D eigenvalue weighted by Crippen LogP contribution is -2.54. The number of rotatable bonds is 6. The first-order chi connectivity index (χ1) is 16.8. The number of nitrogens with zero attached hydrogens (tertiary/aromatic N) is 1. The van der Waals surface area contributed by atoms with Crippen molar-refractivity contribution in [3.63, 3.8) is 0 Å². The topological polar surface area (TPSA) is 105 Å². The molecule has 0 saturated carbocycles. The fraction of sp³-hybridized carbons (Fsp3) is 0.0800. The van der Waals surface area contributed by atoms with Gasteiger partial charge in [0.2, 0.25) is 0 Å². The maximum atomic E-state index is 13.1. The molecule has 0 spiro atoms. The quantitative estimate of drug-likeness (QED) is 0.357. The third-order valence-electron chi connectivity index (χ3n) is 5.10. The van der Waals surface area contributed by atoms with Crippen LogP contribution in [-0.2, 0) is 16.2 Å². The fourth-order valence-electron chi connectivity index (χ4n) is 3.33. The van der Waals surface area contributed by atoms with Gasteiger partial charge in [-0.15, -0.1) is 0 Å². The summed E-state index contributed by atoms with van der Waals surface area (Å²) < 4.78 is 10.8. The minimum atomic E-state index is -0.881. The molecule has 3 aromatic carbocycles. The van der Waals surface area contributed by atoms with Crippen molar-refractivity contribution in [3.8, 4) is 17.2 Å². The normalized spacial score (nSPS) is 14.8. The van der Waals surface area contributed by atoms with Gasteiger partial charge in [0.15, 0.2) is 11.5 Å². The molecule has 1 saturated heterocycles. The summed E-state index contributed by atoms with van der Waals surface area (Å²) in [5, 5.41) is 12.7. The predicted octanol–water partition coefficient (Wildman–Crippen LogP) is 4.95. The zero-order valence-electron chi connectivity index (χ0n) is 18.2. The first-order valence-electron chi connectivity index (χ1n) is 10.2. The molecule has 8 nitrogen and oxygen atoms in total. The van der Waals surface area contributed by atoms with Gasteiger partial charge in [-0.3, -0.25) is 14.9 Å². The molecule has 1 heterocycles. The average molecular weight is 513 g/mol. The van der Waals surface area contributed by atoms with Crippen LogP contribution in [0.3, 0.4) is 0 Å². The molecule has 0 aromatic heterocycles. The number of anilines is 1. The summed E-state index contributed by atoms with van der Waals surface area (Å²) in [6.45, 7) is 0.305. The second-order valence-electron chi connectivity index (χ2n) is 7.42. The SMILES string of the molecule is COc1cc(/C=C2\C(=O)NC(=O)N(c3ccc(OCc4ccc(Cl)cc4)cc3)C2=O)cc(Cl)c1O. The Hall–Kier alpha value is -4.01. The molecule has 0 aliphatic carbocycles. The van der Waals surface area contributed by atoms with Crippen LogP contribution in [0.15, 0.2) is 66.2 Å². The number of imide groups is 2. The number of halogens is 2. The Morgan fingerprint density at radius 2 is 1.69 bits per heavy atom. The van der Waals surface area contributed by atoms with Crippen LogP contribution in [-0.4, -0.2) is 30.1 Å². The number of carbonyl (C=O) groups excluding carboxylic acids is 3. The molecule has 10 heteroatoms. The maximum absolute atomic E-state index is 13.1. The number of methoxy groups -OCH3 is 1. The van der Waals surface area contributed by atoms with Crippen LogP contribution in [0.25, 0.3) is 6.08 Å². The van der Waals surface area contributed by atoms with Gasteiger partial charge in [-0.25, -0.2) is 9.69 Å². The number of phenols is 1. The number of barbiturate groups is 1. The molecule has 35 heavy (non-hydrogen) atoms. The lowest BCUT2D eigenvalue weighted by atomic mass is 10.1. The van der Waals surface area contributed by atoms with Crippen molar-refractivity contribution >= 4 is 52.8 Å². The molecular weight excluding hydrogens is 495 g/mol. The van der Waals surface area contributed by atoms with Crippen LogP contribution >= 0.6 is 23.2 Å². The Labute approximate surface area is 210 Å². The Morgan fingerprint density at radius 1 is 1.00 bits per heavy atom. The largest absolute Gasteiger partial charge is 0.503 e. The number of hydrogen-bond acceptors (Lipinski definition) is 6. The molecule has 1 aliphatic rings. The van der Waals surface area contributed by atoms with E-state index in [2.05, 4.69) is 5.32 Å². The van der Waals surface area contributed by atoms with E-state index in [0.717, 1.165) is 10.5 Å². The van der Waals surface area contributed by atoms with Crippen LogP contribution in [0.5, 0.6) is 17.2 Å². The Bertz CT molecular complexity index is 1340. The van der Waals surface area contributed by atoms with Gasteiger partial charge >= 0.3 is 6.03 Å². The standard InChI is InChI=1S/C25H18Cl2N2O6/c1-34-21-12-15(11-20(27)22(21)30)10-19-23(31)28-25(33)29(24(19)32)17-6-8-18(9-7-17)35-13-14-2-4-16(26)5-3-14/h2-12,30H,13H2,1H3,(H,28,31,33)/b19-10+. The molecule has 0 radical (unpaired) electrons. The van der Waals surface area contributed by atoms with Crippen molar-refractivity contribution < 1.29 is 29.0 Å². The molecule has 0 unspecified atom stereocenters. The number of amides is 4. The zero-order chi connectivity index (χ0) is 25.1. The molecule has 178 valence electrons. The van der Waals surface area contributed by atoms with Crippen LogP contribution in [0, 0.1) is 0 Å². The highest BCUT2D eigenvalue weighted by molar-refractivity contribution is 6.39. The van der Waals surface area contributed by atoms with Crippen molar-refractivity contribution in [2.45, 2.75) is 6.61 Å². The zero-order valence-corrected chi connectivity index (χ0v) is 19.8. The number of aromatic hydroxyl groups is 1. The summed E-state index contributed by atoms with van der Waals surface area (Å²) in [6, 6.07) is 15.4. The molecule has 4 rings (SSSR count). The summed E-state index contributed by atoms with van der Waals surface area (Å²) in [7, 11) is 1.34. The number of hydrogen-bond donors (Lipinski definition) is 2. The van der Waals surface area contributed by atoms with Crippen molar-refractivity contribution in [3.05, 3.63) is 87.4 Å². The third kappa shape index (κ3) is 5.24. The number of carbonyl (C=O) groups is 3. The van der Waals surface area contributed by atoms with E-state index >= 15 is 0 Å². The highest BCUT2D eigenvalue weighted by Gasteiger charge is 2.36. The van der Waals surface area contributed by atoms with Crippen molar-refractivity contribution in [2.75, 3.05) is 12.0 Å². The summed E-state index contributed by atoms with van der Waals surface area (Å²) in [6.07, 6.45) is 1.26. The molecule has 0 bridgehead atoms. The van der Waals surface area contributed by atoms with Crippen LogP contribution < -0.4 is 19.7 Å². The Morgan fingerprint density at radius 3 is 2.34 bits per heavy atom.